The van der Waals surface area contributed by atoms with E-state index in [4.69, 9.17) is 9.15 Å². The minimum absolute atomic E-state index is 0.0421. The number of benzene rings is 1. The molecule has 0 N–H and O–H groups in total. The average molecular weight is 423 g/mol. The summed E-state index contributed by atoms with van der Waals surface area (Å²) < 4.78 is 11.5. The molecule has 0 unspecified atom stereocenters. The molecule has 2 heterocycles. The van der Waals surface area contributed by atoms with E-state index in [1.165, 1.54) is 0 Å². The number of carbonyl (C=O) groups excluding carboxylic acids is 2. The van der Waals surface area contributed by atoms with E-state index in [0.29, 0.717) is 38.7 Å². The van der Waals surface area contributed by atoms with E-state index in [-0.39, 0.29) is 24.3 Å². The first-order chi connectivity index (χ1) is 12.6. The quantitative estimate of drug-likeness (QED) is 0.750. The van der Waals surface area contributed by atoms with Crippen LogP contribution in [0.4, 0.5) is 4.79 Å². The minimum Gasteiger partial charge on any atom is -0.450 e. The van der Waals surface area contributed by atoms with Gasteiger partial charge in [-0.15, -0.1) is 10.2 Å². The topological polar surface area (TPSA) is 88.8 Å². The Bertz CT molecular complexity index is 787. The SMILES string of the molecule is CCOC(=O)N1CCN(C(=O)Cc2nnc(-c3cccc(Br)c3)o2)CC1. The summed E-state index contributed by atoms with van der Waals surface area (Å²) in [5.74, 6) is 0.553. The average Bonchev–Trinajstić information content (AvgIpc) is 3.10. The summed E-state index contributed by atoms with van der Waals surface area (Å²) in [7, 11) is 0. The van der Waals surface area contributed by atoms with Crippen LogP contribution in [0.25, 0.3) is 11.5 Å². The highest BCUT2D eigenvalue weighted by molar-refractivity contribution is 9.10. The number of hydrogen-bond donors (Lipinski definition) is 0. The van der Waals surface area contributed by atoms with Crippen molar-refractivity contribution in [3.8, 4) is 11.5 Å². The Morgan fingerprint density at radius 2 is 1.92 bits per heavy atom. The van der Waals surface area contributed by atoms with Gasteiger partial charge in [0.15, 0.2) is 0 Å². The fourth-order valence-electron chi connectivity index (χ4n) is 2.66. The Morgan fingerprint density at radius 3 is 2.62 bits per heavy atom. The summed E-state index contributed by atoms with van der Waals surface area (Å²) in [6.07, 6.45) is -0.296. The maximum atomic E-state index is 12.4. The van der Waals surface area contributed by atoms with Crippen LogP contribution in [0, 0.1) is 0 Å². The highest BCUT2D eigenvalue weighted by Gasteiger charge is 2.26. The lowest BCUT2D eigenvalue weighted by molar-refractivity contribution is -0.132. The maximum absolute atomic E-state index is 12.4. The highest BCUT2D eigenvalue weighted by atomic mass is 79.9. The second kappa shape index (κ2) is 8.31. The van der Waals surface area contributed by atoms with Gasteiger partial charge in [-0.1, -0.05) is 22.0 Å². The number of aromatic nitrogens is 2. The first kappa shape index (κ1) is 18.4. The number of hydrogen-bond acceptors (Lipinski definition) is 6. The zero-order chi connectivity index (χ0) is 18.5. The molecule has 1 fully saturated rings. The van der Waals surface area contributed by atoms with Gasteiger partial charge in [-0.05, 0) is 25.1 Å². The molecule has 0 spiro atoms. The molecule has 1 aliphatic rings. The number of halogens is 1. The molecule has 2 amide bonds. The van der Waals surface area contributed by atoms with E-state index in [1.807, 2.05) is 24.3 Å². The van der Waals surface area contributed by atoms with Gasteiger partial charge < -0.3 is 19.0 Å². The first-order valence-electron chi connectivity index (χ1n) is 8.34. The van der Waals surface area contributed by atoms with Gasteiger partial charge in [-0.3, -0.25) is 4.79 Å². The Labute approximate surface area is 159 Å². The first-order valence-corrected chi connectivity index (χ1v) is 9.14. The highest BCUT2D eigenvalue weighted by Crippen LogP contribution is 2.22. The van der Waals surface area contributed by atoms with E-state index in [0.717, 1.165) is 10.0 Å². The van der Waals surface area contributed by atoms with E-state index in [9.17, 15) is 9.59 Å². The van der Waals surface area contributed by atoms with Crippen molar-refractivity contribution in [3.05, 3.63) is 34.6 Å². The Morgan fingerprint density at radius 1 is 1.19 bits per heavy atom. The van der Waals surface area contributed by atoms with Gasteiger partial charge >= 0.3 is 6.09 Å². The molecule has 1 saturated heterocycles. The molecule has 1 aromatic heterocycles. The summed E-state index contributed by atoms with van der Waals surface area (Å²) in [6.45, 7) is 3.95. The lowest BCUT2D eigenvalue weighted by atomic mass is 10.2. The molecule has 3 rings (SSSR count). The predicted octanol–water partition coefficient (Wildman–Crippen LogP) is 2.34. The molecule has 0 bridgehead atoms. The molecule has 1 aliphatic heterocycles. The number of amides is 2. The second-order valence-electron chi connectivity index (χ2n) is 5.75. The van der Waals surface area contributed by atoms with Gasteiger partial charge in [0, 0.05) is 36.2 Å². The molecule has 0 atom stereocenters. The second-order valence-corrected chi connectivity index (χ2v) is 6.67. The summed E-state index contributed by atoms with van der Waals surface area (Å²) in [6, 6.07) is 7.50. The van der Waals surface area contributed by atoms with E-state index >= 15 is 0 Å². The fourth-order valence-corrected chi connectivity index (χ4v) is 3.06. The van der Waals surface area contributed by atoms with Crippen molar-refractivity contribution in [3.63, 3.8) is 0 Å². The third kappa shape index (κ3) is 4.40. The van der Waals surface area contributed by atoms with Crippen molar-refractivity contribution in [1.29, 1.82) is 0 Å². The van der Waals surface area contributed by atoms with Gasteiger partial charge in [-0.25, -0.2) is 4.79 Å². The van der Waals surface area contributed by atoms with Crippen LogP contribution in [0.3, 0.4) is 0 Å². The lowest BCUT2D eigenvalue weighted by Gasteiger charge is -2.33. The van der Waals surface area contributed by atoms with Crippen LogP contribution >= 0.6 is 15.9 Å². The summed E-state index contributed by atoms with van der Waals surface area (Å²) in [5.41, 5.74) is 0.786. The fraction of sp³-hybridized carbons (Fsp3) is 0.412. The zero-order valence-electron chi connectivity index (χ0n) is 14.4. The Balaban J connectivity index is 1.55. The number of carbonyl (C=O) groups is 2. The standard InChI is InChI=1S/C17H19BrN4O4/c1-2-25-17(24)22-8-6-21(7-9-22)15(23)11-14-19-20-16(26-14)12-4-3-5-13(18)10-12/h3-5,10H,2,6-9,11H2,1H3. The number of ether oxygens (including phenoxy) is 1. The van der Waals surface area contributed by atoms with Gasteiger partial charge in [0.05, 0.1) is 6.61 Å². The van der Waals surface area contributed by atoms with Crippen molar-refractivity contribution in [1.82, 2.24) is 20.0 Å². The van der Waals surface area contributed by atoms with Crippen molar-refractivity contribution in [2.24, 2.45) is 0 Å². The molecule has 2 aromatic rings. The maximum Gasteiger partial charge on any atom is 0.409 e. The van der Waals surface area contributed by atoms with Crippen molar-refractivity contribution in [2.75, 3.05) is 32.8 Å². The normalized spacial score (nSPS) is 14.4. The third-order valence-corrected chi connectivity index (χ3v) is 4.49. The van der Waals surface area contributed by atoms with Crippen LogP contribution in [-0.2, 0) is 16.0 Å². The Hall–Kier alpha value is -2.42. The molecule has 138 valence electrons. The van der Waals surface area contributed by atoms with Crippen molar-refractivity contribution >= 4 is 27.9 Å². The van der Waals surface area contributed by atoms with Crippen LogP contribution in [-0.4, -0.2) is 64.8 Å². The Kier molecular flexibility index (Phi) is 5.87. The summed E-state index contributed by atoms with van der Waals surface area (Å²) in [4.78, 5) is 27.4. The number of rotatable bonds is 4. The number of piperazine rings is 1. The van der Waals surface area contributed by atoms with Crippen LogP contribution in [0.2, 0.25) is 0 Å². The minimum atomic E-state index is -0.338. The largest absolute Gasteiger partial charge is 0.450 e. The molecular formula is C17H19BrN4O4. The molecule has 9 heteroatoms. The predicted molar refractivity (Wildman–Crippen MR) is 96.3 cm³/mol. The molecule has 1 aromatic carbocycles. The smallest absolute Gasteiger partial charge is 0.409 e. The van der Waals surface area contributed by atoms with Crippen LogP contribution in [0.5, 0.6) is 0 Å². The molecule has 0 saturated carbocycles. The van der Waals surface area contributed by atoms with E-state index in [2.05, 4.69) is 26.1 Å². The van der Waals surface area contributed by atoms with Gasteiger partial charge in [0.25, 0.3) is 0 Å². The monoisotopic (exact) mass is 422 g/mol. The molecule has 8 nitrogen and oxygen atoms in total. The van der Waals surface area contributed by atoms with E-state index in [1.54, 1.807) is 16.7 Å². The number of nitrogens with zero attached hydrogens (tertiary/aromatic N) is 4. The van der Waals surface area contributed by atoms with Crippen molar-refractivity contribution < 1.29 is 18.7 Å². The van der Waals surface area contributed by atoms with Crippen molar-refractivity contribution in [2.45, 2.75) is 13.3 Å². The van der Waals surface area contributed by atoms with Crippen LogP contribution in [0.15, 0.2) is 33.2 Å². The van der Waals surface area contributed by atoms with Crippen LogP contribution < -0.4 is 0 Å². The zero-order valence-corrected chi connectivity index (χ0v) is 15.9. The van der Waals surface area contributed by atoms with Gasteiger partial charge in [-0.2, -0.15) is 0 Å². The summed E-state index contributed by atoms with van der Waals surface area (Å²) in [5, 5.41) is 7.96. The third-order valence-electron chi connectivity index (χ3n) is 4.00. The van der Waals surface area contributed by atoms with Gasteiger partial charge in [0.1, 0.15) is 6.42 Å². The molecule has 0 radical (unpaired) electrons. The molecule has 26 heavy (non-hydrogen) atoms. The lowest BCUT2D eigenvalue weighted by Crippen LogP contribution is -2.51. The molecule has 0 aliphatic carbocycles. The van der Waals surface area contributed by atoms with Crippen LogP contribution in [0.1, 0.15) is 12.8 Å². The molecular weight excluding hydrogens is 404 g/mol. The van der Waals surface area contributed by atoms with Gasteiger partial charge in [0.2, 0.25) is 17.7 Å². The van der Waals surface area contributed by atoms with E-state index < -0.39 is 0 Å². The summed E-state index contributed by atoms with van der Waals surface area (Å²) >= 11 is 3.40.